The first kappa shape index (κ1) is 11.5. The zero-order valence-corrected chi connectivity index (χ0v) is 12.9. The van der Waals surface area contributed by atoms with E-state index in [1.807, 2.05) is 0 Å². The predicted octanol–water partition coefficient (Wildman–Crippen LogP) is -1.30. The Morgan fingerprint density at radius 1 is 1.10 bits per heavy atom. The summed E-state index contributed by atoms with van der Waals surface area (Å²) in [5, 5.41) is 0. The van der Waals surface area contributed by atoms with Gasteiger partial charge in [0, 0.05) is 61.6 Å². The maximum Gasteiger partial charge on any atom is 0.0179 e. The molecule has 0 N–H and O–H groups in total. The van der Waals surface area contributed by atoms with Gasteiger partial charge in [-0.15, -0.1) is 0 Å². The molecule has 0 spiro atoms. The quantitative estimate of drug-likeness (QED) is 0.383. The molecule has 0 amide bonds. The zero-order valence-electron chi connectivity index (χ0n) is 5.91. The topological polar surface area (TPSA) is 0 Å². The van der Waals surface area contributed by atoms with Gasteiger partial charge in [0.25, 0.3) is 0 Å². The molecule has 0 aromatic carbocycles. The first-order valence-corrected chi connectivity index (χ1v) is 15.8. The van der Waals surface area contributed by atoms with Crippen LogP contribution in [0.5, 0.6) is 0 Å². The van der Waals surface area contributed by atoms with Crippen LogP contribution in [0.4, 0.5) is 0 Å². The maximum absolute atomic E-state index is 3.53. The van der Waals surface area contributed by atoms with Crippen LogP contribution < -0.4 is 0 Å². The Bertz CT molecular complexity index is 48.8. The molecule has 0 bridgehead atoms. The van der Waals surface area contributed by atoms with Crippen LogP contribution in [0.2, 0.25) is 6.04 Å². The number of hydrogen-bond donors (Lipinski definition) is 0. The Morgan fingerprint density at radius 2 is 1.80 bits per heavy atom. The van der Waals surface area contributed by atoms with E-state index in [4.69, 9.17) is 0 Å². The zero-order chi connectivity index (χ0) is 7.66. The first-order chi connectivity index (χ1) is 4.91. The molecule has 0 nitrogen and oxygen atoms in total. The van der Waals surface area contributed by atoms with E-state index in [1.165, 1.54) is 55.7 Å². The highest BCUT2D eigenvalue weighted by molar-refractivity contribution is 7.61. The van der Waals surface area contributed by atoms with E-state index < -0.39 is 0 Å². The summed E-state index contributed by atoms with van der Waals surface area (Å²) in [6.45, 7) is 2.28. The van der Waals surface area contributed by atoms with Crippen molar-refractivity contribution in [1.29, 1.82) is 0 Å². The minimum absolute atomic E-state index is 1.03. The van der Waals surface area contributed by atoms with Crippen molar-refractivity contribution in [3.8, 4) is 0 Å². The molecule has 0 rings (SSSR count). The second-order valence-electron chi connectivity index (χ2n) is 1.55. The van der Waals surface area contributed by atoms with Crippen LogP contribution in [-0.4, -0.2) is 61.6 Å². The van der Waals surface area contributed by atoms with Crippen LogP contribution in [0, 0.1) is 0 Å². The van der Waals surface area contributed by atoms with Crippen LogP contribution in [0.3, 0.4) is 0 Å². The SMILES string of the molecule is CCC[Si][Si][Si][Si][Si][Si][Si]. The highest BCUT2D eigenvalue weighted by Gasteiger charge is 1.92. The fraction of sp³-hybridized carbons (Fsp3) is 1.00. The van der Waals surface area contributed by atoms with Gasteiger partial charge >= 0.3 is 0 Å². The lowest BCUT2D eigenvalue weighted by molar-refractivity contribution is 1.08. The molecule has 0 aliphatic carbocycles. The fourth-order valence-corrected chi connectivity index (χ4v) is 29.2. The van der Waals surface area contributed by atoms with Crippen LogP contribution in [0.1, 0.15) is 13.3 Å². The average Bonchev–Trinajstić information content (AvgIpc) is 1.97. The minimum Gasteiger partial charge on any atom is -0.0657 e. The summed E-state index contributed by atoms with van der Waals surface area (Å²) in [6.07, 6.45) is 1.39. The Labute approximate surface area is 80.8 Å². The largest absolute Gasteiger partial charge is 0.0657 e. The number of hydrogen-bond acceptors (Lipinski definition) is 0. The summed E-state index contributed by atoms with van der Waals surface area (Å²) in [5.74, 6) is 0. The van der Waals surface area contributed by atoms with Crippen molar-refractivity contribution in [2.45, 2.75) is 19.4 Å². The molecule has 47 valence electrons. The Balaban J connectivity index is 2.65. The molecule has 0 saturated heterocycles. The van der Waals surface area contributed by atoms with Crippen molar-refractivity contribution >= 4 is 61.6 Å². The molecule has 7 heteroatoms. The number of rotatable bonds is 7. The van der Waals surface area contributed by atoms with E-state index in [0.29, 0.717) is 0 Å². The molecule has 0 aromatic rings. The van der Waals surface area contributed by atoms with Crippen LogP contribution in [-0.2, 0) is 0 Å². The summed E-state index contributed by atoms with van der Waals surface area (Å²) >= 11 is 0. The lowest BCUT2D eigenvalue weighted by Crippen LogP contribution is -2.26. The molecule has 10 heavy (non-hydrogen) atoms. The van der Waals surface area contributed by atoms with Gasteiger partial charge in [-0.3, -0.25) is 0 Å². The van der Waals surface area contributed by atoms with Crippen molar-refractivity contribution in [1.82, 2.24) is 0 Å². The van der Waals surface area contributed by atoms with Crippen molar-refractivity contribution in [3.63, 3.8) is 0 Å². The third-order valence-corrected chi connectivity index (χ3v) is 24.5. The summed E-state index contributed by atoms with van der Waals surface area (Å²) in [5.41, 5.74) is 0. The Hall–Kier alpha value is 1.52. The monoisotopic (exact) mass is 239 g/mol. The fourth-order valence-electron chi connectivity index (χ4n) is 0.325. The molecular weight excluding hydrogens is 233 g/mol. The van der Waals surface area contributed by atoms with Crippen LogP contribution >= 0.6 is 0 Å². The van der Waals surface area contributed by atoms with Crippen LogP contribution in [0.25, 0.3) is 0 Å². The maximum atomic E-state index is 3.53. The van der Waals surface area contributed by atoms with Gasteiger partial charge in [-0.2, -0.15) is 0 Å². The van der Waals surface area contributed by atoms with Crippen molar-refractivity contribution in [2.75, 3.05) is 0 Å². The van der Waals surface area contributed by atoms with E-state index in [0.717, 1.165) is 8.55 Å². The molecule has 0 unspecified atom stereocenters. The lowest BCUT2D eigenvalue weighted by atomic mass is 10.6. The Kier molecular flexibility index (Phi) is 12.1. The van der Waals surface area contributed by atoms with Crippen molar-refractivity contribution in [3.05, 3.63) is 0 Å². The molecule has 0 atom stereocenters. The van der Waals surface area contributed by atoms with Crippen LogP contribution in [0.15, 0.2) is 0 Å². The molecule has 0 aliphatic rings. The Morgan fingerprint density at radius 3 is 2.40 bits per heavy atom. The third-order valence-electron chi connectivity index (χ3n) is 0.713. The van der Waals surface area contributed by atoms with Gasteiger partial charge < -0.3 is 0 Å². The first-order valence-electron chi connectivity index (χ1n) is 3.06. The minimum atomic E-state index is 1.03. The van der Waals surface area contributed by atoms with Gasteiger partial charge in [0.2, 0.25) is 0 Å². The molecule has 0 aliphatic heterocycles. The molecule has 0 aromatic heterocycles. The van der Waals surface area contributed by atoms with E-state index in [9.17, 15) is 0 Å². The molecule has 0 heterocycles. The molecular formula is C3H7Si7. The summed E-state index contributed by atoms with van der Waals surface area (Å²) in [4.78, 5) is 0. The standard InChI is InChI=1S/C3H7Si7/c1-2-3-5-7-9-10-8-6-4/h2-3H2,1H3. The second-order valence-corrected chi connectivity index (χ2v) is 19.7. The predicted molar refractivity (Wildman–Crippen MR) is 55.4 cm³/mol. The van der Waals surface area contributed by atoms with E-state index in [1.54, 1.807) is 0 Å². The third kappa shape index (κ3) is 9.52. The molecule has 0 fully saturated rings. The van der Waals surface area contributed by atoms with Crippen molar-refractivity contribution in [2.24, 2.45) is 0 Å². The van der Waals surface area contributed by atoms with E-state index >= 15 is 0 Å². The van der Waals surface area contributed by atoms with E-state index in [2.05, 4.69) is 16.7 Å². The van der Waals surface area contributed by atoms with E-state index in [-0.39, 0.29) is 0 Å². The summed E-state index contributed by atoms with van der Waals surface area (Å²) in [6, 6.07) is 1.48. The molecule has 15 radical (unpaired) electrons. The van der Waals surface area contributed by atoms with Gasteiger partial charge in [-0.1, -0.05) is 19.4 Å². The average molecular weight is 240 g/mol. The highest BCUT2D eigenvalue weighted by Crippen LogP contribution is 1.81. The lowest BCUT2D eigenvalue weighted by Gasteiger charge is -1.93. The van der Waals surface area contributed by atoms with Crippen molar-refractivity contribution < 1.29 is 0 Å². The molecule has 0 saturated carbocycles. The van der Waals surface area contributed by atoms with Gasteiger partial charge in [-0.25, -0.2) is 0 Å². The normalized spacial score (nSPS) is 10.2. The van der Waals surface area contributed by atoms with Gasteiger partial charge in [0.1, 0.15) is 0 Å². The highest BCUT2D eigenvalue weighted by atomic mass is 29.9. The van der Waals surface area contributed by atoms with Gasteiger partial charge in [-0.05, 0) is 0 Å². The smallest absolute Gasteiger partial charge is 0.0179 e. The van der Waals surface area contributed by atoms with Gasteiger partial charge in [0.05, 0.1) is 0 Å². The summed E-state index contributed by atoms with van der Waals surface area (Å²) < 4.78 is 0. The summed E-state index contributed by atoms with van der Waals surface area (Å²) in [7, 11) is 11.0. The second kappa shape index (κ2) is 10.5. The van der Waals surface area contributed by atoms with Gasteiger partial charge in [0.15, 0.2) is 0 Å².